The number of amides is 4. The lowest BCUT2D eigenvalue weighted by Crippen LogP contribution is -2.60. The summed E-state index contributed by atoms with van der Waals surface area (Å²) in [7, 11) is 1.40. The lowest BCUT2D eigenvalue weighted by Gasteiger charge is -2.50. The molecule has 2 saturated heterocycles. The van der Waals surface area contributed by atoms with Crippen LogP contribution in [-0.2, 0) is 25.7 Å². The Balaban J connectivity index is 1.38. The molecule has 3 heterocycles. The summed E-state index contributed by atoms with van der Waals surface area (Å²) in [5.74, 6) is -6.12. The van der Waals surface area contributed by atoms with Gasteiger partial charge in [-0.25, -0.2) is 9.29 Å². The summed E-state index contributed by atoms with van der Waals surface area (Å²) in [4.78, 5) is 55.0. The lowest BCUT2D eigenvalue weighted by molar-refractivity contribution is -0.141. The molecule has 0 bridgehead atoms. The number of nitrogens with zero attached hydrogens (tertiary/aromatic N) is 2. The Labute approximate surface area is 265 Å². The zero-order chi connectivity index (χ0) is 31.1. The number of allylic oxidation sites excluding steroid dienone is 2. The summed E-state index contributed by atoms with van der Waals surface area (Å²) in [6.45, 7) is 0.140. The summed E-state index contributed by atoms with van der Waals surface area (Å²) in [6.07, 6.45) is 1.88. The van der Waals surface area contributed by atoms with Gasteiger partial charge in [0.15, 0.2) is 21.2 Å². The van der Waals surface area contributed by atoms with E-state index in [2.05, 4.69) is 0 Å². The molecular formula is C32H25Cl2FN2O6S. The van der Waals surface area contributed by atoms with Gasteiger partial charge in [-0.1, -0.05) is 23.8 Å². The van der Waals surface area contributed by atoms with Gasteiger partial charge in [0.05, 0.1) is 31.2 Å². The fourth-order valence-electron chi connectivity index (χ4n) is 7.44. The number of carbonyl (C=O) groups excluding carboxylic acids is 4. The van der Waals surface area contributed by atoms with E-state index >= 15 is 0 Å². The quantitative estimate of drug-likeness (QED) is 0.226. The van der Waals surface area contributed by atoms with Gasteiger partial charge in [0, 0.05) is 10.8 Å². The molecule has 2 aromatic carbocycles. The molecule has 4 aliphatic rings. The van der Waals surface area contributed by atoms with E-state index in [1.54, 1.807) is 6.07 Å². The van der Waals surface area contributed by atoms with Crippen molar-refractivity contribution in [3.8, 4) is 11.5 Å². The number of phenols is 1. The molecule has 0 unspecified atom stereocenters. The molecule has 44 heavy (non-hydrogen) atoms. The van der Waals surface area contributed by atoms with Gasteiger partial charge in [-0.2, -0.15) is 0 Å². The van der Waals surface area contributed by atoms with Crippen LogP contribution in [0.1, 0.15) is 29.2 Å². The van der Waals surface area contributed by atoms with E-state index in [1.807, 2.05) is 23.6 Å². The van der Waals surface area contributed by atoms with Gasteiger partial charge < -0.3 is 9.84 Å². The van der Waals surface area contributed by atoms with Crippen molar-refractivity contribution in [2.75, 3.05) is 12.0 Å². The fraction of sp³-hybridized carbons (Fsp3) is 0.312. The van der Waals surface area contributed by atoms with Crippen LogP contribution in [0.25, 0.3) is 0 Å². The van der Waals surface area contributed by atoms with Crippen LogP contribution in [0.15, 0.2) is 71.6 Å². The molecule has 1 aromatic heterocycles. The van der Waals surface area contributed by atoms with Gasteiger partial charge in [-0.05, 0) is 72.2 Å². The zero-order valence-electron chi connectivity index (χ0n) is 23.2. The fourth-order valence-corrected chi connectivity index (χ4v) is 9.07. The number of halogens is 3. The van der Waals surface area contributed by atoms with Crippen molar-refractivity contribution >= 4 is 63.9 Å². The van der Waals surface area contributed by atoms with Crippen LogP contribution in [0.2, 0.25) is 0 Å². The minimum atomic E-state index is -2.08. The molecule has 4 amide bonds. The van der Waals surface area contributed by atoms with Crippen LogP contribution < -0.4 is 9.64 Å². The molecule has 3 aromatic rings. The smallest absolute Gasteiger partial charge is 0.258 e. The molecule has 0 spiro atoms. The van der Waals surface area contributed by atoms with Gasteiger partial charge in [-0.3, -0.25) is 24.1 Å². The van der Waals surface area contributed by atoms with Gasteiger partial charge in [-0.15, -0.1) is 34.5 Å². The maximum atomic E-state index is 14.4. The second-order valence-electron chi connectivity index (χ2n) is 11.5. The third-order valence-corrected chi connectivity index (χ3v) is 11.7. The Bertz CT molecular complexity index is 1760. The number of benzene rings is 2. The van der Waals surface area contributed by atoms with Crippen molar-refractivity contribution in [3.63, 3.8) is 0 Å². The Hall–Kier alpha value is -3.73. The van der Waals surface area contributed by atoms with E-state index in [9.17, 15) is 28.7 Å². The normalized spacial score (nSPS) is 31.1. The first-order valence-electron chi connectivity index (χ1n) is 14.0. The number of carbonyl (C=O) groups is 4. The first kappa shape index (κ1) is 29.0. The zero-order valence-corrected chi connectivity index (χ0v) is 25.5. The molecule has 226 valence electrons. The van der Waals surface area contributed by atoms with Crippen molar-refractivity contribution in [1.29, 1.82) is 0 Å². The summed E-state index contributed by atoms with van der Waals surface area (Å²) in [6, 6.07) is 13.1. The SMILES string of the molecule is COc1ccc([C@H]2C3=CC[C@@H]4C(=O)N(Cc5cccs5)C(=O)[C@@H]4[C@@H]3C[C@@]3(Cl)C(=O)N(c4ccc(F)cc4)C(=O)[C@@]23Cl)cc1O. The van der Waals surface area contributed by atoms with Crippen molar-refractivity contribution in [1.82, 2.24) is 4.90 Å². The minimum absolute atomic E-state index is 0.0937. The highest BCUT2D eigenvalue weighted by molar-refractivity contribution is 7.09. The topological polar surface area (TPSA) is 104 Å². The number of imide groups is 2. The number of aromatic hydroxyl groups is 1. The largest absolute Gasteiger partial charge is 0.504 e. The predicted octanol–water partition coefficient (Wildman–Crippen LogP) is 5.37. The highest BCUT2D eigenvalue weighted by Gasteiger charge is 2.76. The van der Waals surface area contributed by atoms with Crippen LogP contribution in [0.5, 0.6) is 11.5 Å². The number of hydrogen-bond acceptors (Lipinski definition) is 7. The number of phenolic OH excluding ortho intramolecular Hbond substituents is 1. The monoisotopic (exact) mass is 654 g/mol. The average Bonchev–Trinajstić information content (AvgIpc) is 3.64. The number of rotatable bonds is 5. The van der Waals surface area contributed by atoms with Crippen molar-refractivity contribution in [2.24, 2.45) is 17.8 Å². The number of likely N-dealkylation sites (tertiary alicyclic amines) is 1. The number of fused-ring (bicyclic) bond motifs is 4. The second-order valence-corrected chi connectivity index (χ2v) is 13.8. The molecule has 8 nitrogen and oxygen atoms in total. The third-order valence-electron chi connectivity index (χ3n) is 9.42. The first-order chi connectivity index (χ1) is 21.0. The van der Waals surface area contributed by atoms with Gasteiger partial charge in [0.1, 0.15) is 5.82 Å². The summed E-state index contributed by atoms with van der Waals surface area (Å²) < 4.78 is 19.0. The average molecular weight is 656 g/mol. The molecule has 12 heteroatoms. The van der Waals surface area contributed by atoms with E-state index in [4.69, 9.17) is 27.9 Å². The summed E-state index contributed by atoms with van der Waals surface area (Å²) in [5.41, 5.74) is 1.08. The van der Waals surface area contributed by atoms with Crippen LogP contribution in [0, 0.1) is 23.6 Å². The maximum Gasteiger partial charge on any atom is 0.258 e. The van der Waals surface area contributed by atoms with E-state index in [1.165, 1.54) is 47.6 Å². The molecule has 6 atom stereocenters. The lowest BCUT2D eigenvalue weighted by atomic mass is 9.56. The van der Waals surface area contributed by atoms with Gasteiger partial charge in [0.25, 0.3) is 11.8 Å². The van der Waals surface area contributed by atoms with Gasteiger partial charge in [0.2, 0.25) is 11.8 Å². The van der Waals surface area contributed by atoms with Crippen LogP contribution in [0.4, 0.5) is 10.1 Å². The Morgan fingerprint density at radius 2 is 1.77 bits per heavy atom. The molecule has 2 aliphatic carbocycles. The van der Waals surface area contributed by atoms with E-state index < -0.39 is 51.1 Å². The Morgan fingerprint density at radius 1 is 1.02 bits per heavy atom. The molecule has 3 fully saturated rings. The third kappa shape index (κ3) is 3.87. The van der Waals surface area contributed by atoms with Gasteiger partial charge >= 0.3 is 0 Å². The van der Waals surface area contributed by atoms with Crippen molar-refractivity contribution < 1.29 is 33.4 Å². The van der Waals surface area contributed by atoms with E-state index in [0.29, 0.717) is 11.1 Å². The molecule has 1 saturated carbocycles. The molecule has 0 radical (unpaired) electrons. The summed E-state index contributed by atoms with van der Waals surface area (Å²) in [5, 5.41) is 12.6. The highest BCUT2D eigenvalue weighted by Crippen LogP contribution is 2.66. The first-order valence-corrected chi connectivity index (χ1v) is 15.6. The van der Waals surface area contributed by atoms with Crippen molar-refractivity contribution in [3.05, 3.63) is 87.9 Å². The number of anilines is 1. The highest BCUT2D eigenvalue weighted by atomic mass is 35.5. The molecule has 2 aliphatic heterocycles. The number of alkyl halides is 2. The number of hydrogen-bond donors (Lipinski definition) is 1. The van der Waals surface area contributed by atoms with E-state index in [0.717, 1.165) is 21.9 Å². The van der Waals surface area contributed by atoms with Crippen LogP contribution in [-0.4, -0.2) is 50.5 Å². The minimum Gasteiger partial charge on any atom is -0.504 e. The molecule has 7 rings (SSSR count). The number of thiophene rings is 1. The van der Waals surface area contributed by atoms with E-state index in [-0.39, 0.29) is 48.4 Å². The Morgan fingerprint density at radius 3 is 2.43 bits per heavy atom. The van der Waals surface area contributed by atoms with Crippen molar-refractivity contribution in [2.45, 2.75) is 35.1 Å². The summed E-state index contributed by atoms with van der Waals surface area (Å²) >= 11 is 16.1. The number of methoxy groups -OCH3 is 1. The Kier molecular flexibility index (Phi) is 6.69. The second kappa shape index (κ2) is 10.2. The standard InChI is InChI=1S/C32H25Cl2FN2O6S/c1-43-24-11-4-16(13-23(24)38)26-20-9-10-21-25(28(40)36(27(21)39)15-19-3-2-12-44-19)22(20)14-31(33)29(41)37(30(42)32(26,31)34)18-7-5-17(35)6-8-18/h2-9,11-13,21-22,25-26,38H,10,14-15H2,1H3/t21-,22+,25-,26-,31+,32-/m0/s1. The number of ether oxygens (including phenoxy) is 1. The maximum absolute atomic E-state index is 14.4. The van der Waals surface area contributed by atoms with Crippen LogP contribution in [0.3, 0.4) is 0 Å². The molecular weight excluding hydrogens is 630 g/mol. The predicted molar refractivity (Wildman–Crippen MR) is 161 cm³/mol. The van der Waals surface area contributed by atoms with Crippen LogP contribution >= 0.6 is 34.5 Å². The molecule has 1 N–H and O–H groups in total.